The first kappa shape index (κ1) is 16.4. The molecule has 0 bridgehead atoms. The Labute approximate surface area is 152 Å². The van der Waals surface area contributed by atoms with Gasteiger partial charge < -0.3 is 5.32 Å². The van der Waals surface area contributed by atoms with E-state index < -0.39 is 0 Å². The second-order valence-electron chi connectivity index (χ2n) is 6.00. The number of benzene rings is 1. The van der Waals surface area contributed by atoms with Crippen LogP contribution in [0.3, 0.4) is 0 Å². The number of nitrogens with zero attached hydrogens (tertiary/aromatic N) is 2. The maximum atomic E-state index is 13.5. The summed E-state index contributed by atoms with van der Waals surface area (Å²) < 4.78 is 13.5. The van der Waals surface area contributed by atoms with E-state index in [2.05, 4.69) is 20.5 Å². The number of pyridine rings is 1. The fraction of sp³-hybridized carbons (Fsp3) is 0.105. The van der Waals surface area contributed by atoms with E-state index in [1.165, 1.54) is 17.0 Å². The van der Waals surface area contributed by atoms with Crippen molar-refractivity contribution in [2.75, 3.05) is 5.32 Å². The van der Waals surface area contributed by atoms with Crippen molar-refractivity contribution in [3.63, 3.8) is 0 Å². The Kier molecular flexibility index (Phi) is 4.00. The van der Waals surface area contributed by atoms with Crippen molar-refractivity contribution in [2.45, 2.75) is 13.8 Å². The maximum absolute atomic E-state index is 13.5. The molecule has 0 aliphatic rings. The smallest absolute Gasteiger partial charge is 0.257 e. The van der Waals surface area contributed by atoms with Crippen LogP contribution in [0.5, 0.6) is 0 Å². The molecule has 0 atom stereocenters. The van der Waals surface area contributed by atoms with Gasteiger partial charge >= 0.3 is 0 Å². The van der Waals surface area contributed by atoms with E-state index in [1.807, 2.05) is 19.1 Å². The first-order valence-electron chi connectivity index (χ1n) is 8.00. The summed E-state index contributed by atoms with van der Waals surface area (Å²) in [6.07, 6.45) is 0. The highest BCUT2D eigenvalue weighted by molar-refractivity contribution is 7.15. The predicted octanol–water partition coefficient (Wildman–Crippen LogP) is 4.69. The molecule has 0 fully saturated rings. The number of nitrogens with one attached hydrogen (secondary N) is 2. The molecule has 3 aromatic heterocycles. The Morgan fingerprint density at radius 2 is 2.00 bits per heavy atom. The van der Waals surface area contributed by atoms with Crippen LogP contribution >= 0.6 is 11.3 Å². The average Bonchev–Trinajstić information content (AvgIpc) is 3.22. The largest absolute Gasteiger partial charge is 0.305 e. The molecule has 1 aromatic carbocycles. The van der Waals surface area contributed by atoms with Crippen molar-refractivity contribution in [3.8, 4) is 10.6 Å². The highest BCUT2D eigenvalue weighted by Gasteiger charge is 2.15. The molecular formula is C19H15FN4OS. The number of halogens is 1. The number of H-pyrrole nitrogens is 1. The van der Waals surface area contributed by atoms with Crippen LogP contribution in [0.1, 0.15) is 20.9 Å². The fourth-order valence-corrected chi connectivity index (χ4v) is 3.63. The van der Waals surface area contributed by atoms with Crippen molar-refractivity contribution < 1.29 is 9.18 Å². The number of aromatic nitrogens is 3. The molecule has 26 heavy (non-hydrogen) atoms. The third kappa shape index (κ3) is 3.09. The van der Waals surface area contributed by atoms with Gasteiger partial charge in [-0.25, -0.2) is 4.39 Å². The summed E-state index contributed by atoms with van der Waals surface area (Å²) >= 11 is 1.65. The predicted molar refractivity (Wildman–Crippen MR) is 101 cm³/mol. The summed E-state index contributed by atoms with van der Waals surface area (Å²) in [6, 6.07) is 11.7. The molecule has 0 spiro atoms. The molecule has 1 amide bonds. The Morgan fingerprint density at radius 1 is 1.15 bits per heavy atom. The minimum atomic E-state index is -0.384. The van der Waals surface area contributed by atoms with Crippen LogP contribution in [0, 0.1) is 19.7 Å². The summed E-state index contributed by atoms with van der Waals surface area (Å²) in [4.78, 5) is 19.3. The molecule has 0 saturated carbocycles. The molecule has 2 N–H and O–H groups in total. The van der Waals surface area contributed by atoms with Crippen LogP contribution in [0.25, 0.3) is 21.5 Å². The monoisotopic (exact) mass is 366 g/mol. The molecule has 5 nitrogen and oxygen atoms in total. The third-order valence-corrected chi connectivity index (χ3v) is 5.00. The summed E-state index contributed by atoms with van der Waals surface area (Å²) in [5.41, 5.74) is 2.37. The zero-order chi connectivity index (χ0) is 18.3. The minimum absolute atomic E-state index is 0.312. The molecule has 0 unspecified atom stereocenters. The van der Waals surface area contributed by atoms with Gasteiger partial charge in [-0.05, 0) is 44.2 Å². The number of fused-ring (bicyclic) bond motifs is 1. The molecule has 7 heteroatoms. The topological polar surface area (TPSA) is 70.7 Å². The molecule has 0 aliphatic carbocycles. The van der Waals surface area contributed by atoms with E-state index in [4.69, 9.17) is 0 Å². The molecule has 4 rings (SSSR count). The summed E-state index contributed by atoms with van der Waals surface area (Å²) in [6.45, 7) is 3.81. The molecular weight excluding hydrogens is 351 g/mol. The van der Waals surface area contributed by atoms with Crippen molar-refractivity contribution >= 4 is 34.0 Å². The number of carbonyl (C=O) groups excluding carboxylic acids is 1. The zero-order valence-corrected chi connectivity index (χ0v) is 14.9. The average molecular weight is 366 g/mol. The quantitative estimate of drug-likeness (QED) is 0.552. The highest BCUT2D eigenvalue weighted by atomic mass is 32.1. The first-order valence-corrected chi connectivity index (χ1v) is 8.82. The van der Waals surface area contributed by atoms with Gasteiger partial charge in [0.1, 0.15) is 5.82 Å². The molecule has 3 heterocycles. The highest BCUT2D eigenvalue weighted by Crippen LogP contribution is 2.28. The Hall–Kier alpha value is -3.06. The molecule has 130 valence electrons. The second kappa shape index (κ2) is 6.34. The number of anilines is 1. The molecule has 0 radical (unpaired) electrons. The van der Waals surface area contributed by atoms with E-state index in [0.29, 0.717) is 28.0 Å². The van der Waals surface area contributed by atoms with Gasteiger partial charge in [-0.15, -0.1) is 11.3 Å². The standard InChI is InChI=1S/C19H15FN4OS/c1-10-7-14(13-5-4-12(20)8-15(13)21-10)19(25)22-18-9-16(23-24-18)17-6-3-11(2)26-17/h3-9H,1-2H3,(H2,22,23,24,25). The van der Waals surface area contributed by atoms with Crippen LogP contribution in [0.15, 0.2) is 42.5 Å². The van der Waals surface area contributed by atoms with Gasteiger partial charge in [-0.3, -0.25) is 14.9 Å². The van der Waals surface area contributed by atoms with Crippen molar-refractivity contribution in [1.82, 2.24) is 15.2 Å². The lowest BCUT2D eigenvalue weighted by atomic mass is 10.1. The maximum Gasteiger partial charge on any atom is 0.257 e. The Bertz CT molecular complexity index is 1130. The first-order chi connectivity index (χ1) is 12.5. The Balaban J connectivity index is 1.65. The van der Waals surface area contributed by atoms with Gasteiger partial charge in [0.05, 0.1) is 21.7 Å². The molecule has 0 aliphatic heterocycles. The van der Waals surface area contributed by atoms with Crippen molar-refractivity contribution in [2.24, 2.45) is 0 Å². The number of aromatic amines is 1. The lowest BCUT2D eigenvalue weighted by Gasteiger charge is -2.07. The summed E-state index contributed by atoms with van der Waals surface area (Å²) in [5.74, 6) is -0.265. The van der Waals surface area contributed by atoms with Gasteiger partial charge in [0.25, 0.3) is 5.91 Å². The van der Waals surface area contributed by atoms with Crippen LogP contribution in [-0.2, 0) is 0 Å². The van der Waals surface area contributed by atoms with Gasteiger partial charge in [0, 0.05) is 28.1 Å². The van der Waals surface area contributed by atoms with E-state index in [9.17, 15) is 9.18 Å². The van der Waals surface area contributed by atoms with E-state index in [1.54, 1.807) is 36.5 Å². The van der Waals surface area contributed by atoms with E-state index in [-0.39, 0.29) is 11.7 Å². The summed E-state index contributed by atoms with van der Waals surface area (Å²) in [5, 5.41) is 10.5. The van der Waals surface area contributed by atoms with Crippen LogP contribution in [0.4, 0.5) is 10.2 Å². The van der Waals surface area contributed by atoms with Crippen molar-refractivity contribution in [1.29, 1.82) is 0 Å². The van der Waals surface area contributed by atoms with E-state index >= 15 is 0 Å². The SMILES string of the molecule is Cc1cc(C(=O)Nc2cc(-c3ccc(C)s3)[nH]n2)c2ccc(F)cc2n1. The van der Waals surface area contributed by atoms with Gasteiger partial charge in [-0.2, -0.15) is 5.10 Å². The van der Waals surface area contributed by atoms with Crippen molar-refractivity contribution in [3.05, 3.63) is 64.4 Å². The number of hydrogen-bond donors (Lipinski definition) is 2. The molecule has 4 aromatic rings. The fourth-order valence-electron chi connectivity index (χ4n) is 2.80. The van der Waals surface area contributed by atoms with Crippen LogP contribution in [-0.4, -0.2) is 21.1 Å². The lowest BCUT2D eigenvalue weighted by molar-refractivity contribution is 0.102. The van der Waals surface area contributed by atoms with Crippen LogP contribution < -0.4 is 5.32 Å². The third-order valence-electron chi connectivity index (χ3n) is 3.97. The van der Waals surface area contributed by atoms with Gasteiger partial charge in [-0.1, -0.05) is 0 Å². The zero-order valence-electron chi connectivity index (χ0n) is 14.1. The number of rotatable bonds is 3. The number of hydrogen-bond acceptors (Lipinski definition) is 4. The summed E-state index contributed by atoms with van der Waals surface area (Å²) in [7, 11) is 0. The minimum Gasteiger partial charge on any atom is -0.305 e. The number of carbonyl (C=O) groups is 1. The number of amides is 1. The normalized spacial score (nSPS) is 11.0. The molecule has 0 saturated heterocycles. The lowest BCUT2D eigenvalue weighted by Crippen LogP contribution is -2.13. The Morgan fingerprint density at radius 3 is 2.77 bits per heavy atom. The van der Waals surface area contributed by atoms with Crippen LogP contribution in [0.2, 0.25) is 0 Å². The van der Waals surface area contributed by atoms with Gasteiger partial charge in [0.2, 0.25) is 0 Å². The van der Waals surface area contributed by atoms with Gasteiger partial charge in [0.15, 0.2) is 5.82 Å². The van der Waals surface area contributed by atoms with E-state index in [0.717, 1.165) is 10.6 Å². The second-order valence-corrected chi connectivity index (χ2v) is 7.29. The number of aryl methyl sites for hydroxylation is 2. The number of thiophene rings is 1.